The Kier molecular flexibility index (Phi) is 4.29. The topological polar surface area (TPSA) is 58.4 Å². The monoisotopic (exact) mass is 333 g/mol. The number of hydrogen-bond donors (Lipinski definition) is 2. The molecule has 0 aliphatic rings. The van der Waals surface area contributed by atoms with Gasteiger partial charge in [0.15, 0.2) is 0 Å². The van der Waals surface area contributed by atoms with Gasteiger partial charge in [-0.15, -0.1) is 0 Å². The molecule has 0 radical (unpaired) electrons. The van der Waals surface area contributed by atoms with Gasteiger partial charge in [0.2, 0.25) is 0 Å². The molecule has 104 valence electrons. The third-order valence-corrected chi connectivity index (χ3v) is 3.62. The summed E-state index contributed by atoms with van der Waals surface area (Å²) in [5.74, 6) is -0.179. The van der Waals surface area contributed by atoms with Crippen molar-refractivity contribution in [2.75, 3.05) is 30.0 Å². The van der Waals surface area contributed by atoms with Crippen LogP contribution in [0, 0.1) is 0 Å². The fourth-order valence-corrected chi connectivity index (χ4v) is 1.98. The van der Waals surface area contributed by atoms with Crippen LogP contribution >= 0.6 is 15.9 Å². The number of amides is 1. The van der Waals surface area contributed by atoms with E-state index in [0.29, 0.717) is 11.3 Å². The first-order valence-corrected chi connectivity index (χ1v) is 6.90. The molecule has 0 unspecified atom stereocenters. The van der Waals surface area contributed by atoms with Crippen LogP contribution in [-0.2, 0) is 0 Å². The number of carbonyl (C=O) groups is 1. The second-order valence-corrected chi connectivity index (χ2v) is 5.49. The third kappa shape index (κ3) is 3.30. The fraction of sp³-hybridized carbons (Fsp3) is 0.133. The molecule has 0 bridgehead atoms. The van der Waals surface area contributed by atoms with Crippen molar-refractivity contribution < 1.29 is 4.79 Å². The van der Waals surface area contributed by atoms with E-state index in [1.807, 2.05) is 43.3 Å². The van der Waals surface area contributed by atoms with E-state index in [-0.39, 0.29) is 5.91 Å². The predicted molar refractivity (Wildman–Crippen MR) is 87.3 cm³/mol. The van der Waals surface area contributed by atoms with Gasteiger partial charge in [0.25, 0.3) is 5.91 Å². The fourth-order valence-electron chi connectivity index (χ4n) is 1.73. The Hall–Kier alpha value is -2.01. The summed E-state index contributed by atoms with van der Waals surface area (Å²) in [5, 5.41) is 2.84. The average molecular weight is 334 g/mol. The molecule has 20 heavy (non-hydrogen) atoms. The summed E-state index contributed by atoms with van der Waals surface area (Å²) in [7, 11) is 3.94. The molecule has 2 aromatic carbocycles. The minimum absolute atomic E-state index is 0.179. The molecule has 3 N–H and O–H groups in total. The number of nitrogens with zero attached hydrogens (tertiary/aromatic N) is 1. The Balaban J connectivity index is 2.12. The zero-order valence-electron chi connectivity index (χ0n) is 11.4. The van der Waals surface area contributed by atoms with Crippen molar-refractivity contribution in [3.05, 3.63) is 52.5 Å². The summed E-state index contributed by atoms with van der Waals surface area (Å²) in [6, 6.07) is 12.8. The lowest BCUT2D eigenvalue weighted by Crippen LogP contribution is -2.13. The largest absolute Gasteiger partial charge is 0.398 e. The van der Waals surface area contributed by atoms with Crippen molar-refractivity contribution >= 4 is 38.9 Å². The van der Waals surface area contributed by atoms with E-state index in [9.17, 15) is 4.79 Å². The molecule has 4 nitrogen and oxygen atoms in total. The van der Waals surface area contributed by atoms with Crippen molar-refractivity contribution in [1.82, 2.24) is 0 Å². The molecule has 0 heterocycles. The van der Waals surface area contributed by atoms with E-state index in [1.165, 1.54) is 0 Å². The van der Waals surface area contributed by atoms with Crippen LogP contribution in [0.2, 0.25) is 0 Å². The highest BCUT2D eigenvalue weighted by atomic mass is 79.9. The lowest BCUT2D eigenvalue weighted by molar-refractivity contribution is 0.102. The third-order valence-electron chi connectivity index (χ3n) is 2.90. The van der Waals surface area contributed by atoms with Crippen LogP contribution in [0.5, 0.6) is 0 Å². The van der Waals surface area contributed by atoms with Crippen LogP contribution in [0.1, 0.15) is 10.4 Å². The number of benzene rings is 2. The summed E-state index contributed by atoms with van der Waals surface area (Å²) in [5.41, 5.74) is 8.68. The van der Waals surface area contributed by atoms with Crippen molar-refractivity contribution in [3.63, 3.8) is 0 Å². The van der Waals surface area contributed by atoms with Gasteiger partial charge in [-0.3, -0.25) is 4.79 Å². The molecule has 2 rings (SSSR count). The Morgan fingerprint density at radius 1 is 1.15 bits per heavy atom. The second-order valence-electron chi connectivity index (χ2n) is 4.63. The molecule has 0 saturated heterocycles. The van der Waals surface area contributed by atoms with Gasteiger partial charge in [-0.05, 0) is 58.4 Å². The van der Waals surface area contributed by atoms with Crippen molar-refractivity contribution in [3.8, 4) is 0 Å². The van der Waals surface area contributed by atoms with Gasteiger partial charge in [-0.1, -0.05) is 0 Å². The van der Waals surface area contributed by atoms with Crippen LogP contribution in [0.4, 0.5) is 17.1 Å². The number of nitrogens with one attached hydrogen (secondary N) is 1. The molecule has 1 amide bonds. The van der Waals surface area contributed by atoms with Gasteiger partial charge < -0.3 is 16.0 Å². The first-order valence-electron chi connectivity index (χ1n) is 6.11. The highest BCUT2D eigenvalue weighted by Gasteiger charge is 2.08. The van der Waals surface area contributed by atoms with E-state index in [1.54, 1.807) is 18.2 Å². The molecule has 0 fully saturated rings. The molecule has 0 saturated carbocycles. The Morgan fingerprint density at radius 2 is 1.80 bits per heavy atom. The number of anilines is 3. The van der Waals surface area contributed by atoms with Crippen molar-refractivity contribution in [2.24, 2.45) is 0 Å². The molecule has 0 spiro atoms. The zero-order valence-corrected chi connectivity index (χ0v) is 12.9. The number of halogens is 1. The van der Waals surface area contributed by atoms with Gasteiger partial charge >= 0.3 is 0 Å². The molecule has 0 aliphatic carbocycles. The van der Waals surface area contributed by atoms with E-state index in [4.69, 9.17) is 5.73 Å². The van der Waals surface area contributed by atoms with Gasteiger partial charge in [0, 0.05) is 41.2 Å². The summed E-state index contributed by atoms with van der Waals surface area (Å²) in [6.07, 6.45) is 0. The summed E-state index contributed by atoms with van der Waals surface area (Å²) in [4.78, 5) is 14.1. The van der Waals surface area contributed by atoms with Crippen molar-refractivity contribution in [1.29, 1.82) is 0 Å². The smallest absolute Gasteiger partial charge is 0.255 e. The highest BCUT2D eigenvalue weighted by Crippen LogP contribution is 2.21. The number of hydrogen-bond acceptors (Lipinski definition) is 3. The summed E-state index contributed by atoms with van der Waals surface area (Å²) >= 11 is 3.31. The van der Waals surface area contributed by atoms with Gasteiger partial charge in [-0.25, -0.2) is 0 Å². The maximum atomic E-state index is 12.1. The van der Waals surface area contributed by atoms with E-state index in [2.05, 4.69) is 21.2 Å². The van der Waals surface area contributed by atoms with E-state index < -0.39 is 0 Å². The Morgan fingerprint density at radius 3 is 2.35 bits per heavy atom. The van der Waals surface area contributed by atoms with Crippen LogP contribution < -0.4 is 16.0 Å². The minimum atomic E-state index is -0.179. The SMILES string of the molecule is CN(C)c1ccc(NC(=O)c2ccc(Br)c(N)c2)cc1. The molecule has 0 aromatic heterocycles. The van der Waals surface area contributed by atoms with Crippen molar-refractivity contribution in [2.45, 2.75) is 0 Å². The van der Waals surface area contributed by atoms with E-state index in [0.717, 1.165) is 15.8 Å². The molecule has 5 heteroatoms. The van der Waals surface area contributed by atoms with Gasteiger partial charge in [0.05, 0.1) is 0 Å². The van der Waals surface area contributed by atoms with E-state index >= 15 is 0 Å². The van der Waals surface area contributed by atoms with Gasteiger partial charge in [0.1, 0.15) is 0 Å². The van der Waals surface area contributed by atoms with Crippen LogP contribution in [-0.4, -0.2) is 20.0 Å². The Bertz CT molecular complexity index is 624. The highest BCUT2D eigenvalue weighted by molar-refractivity contribution is 9.10. The second kappa shape index (κ2) is 5.96. The molecule has 0 aliphatic heterocycles. The minimum Gasteiger partial charge on any atom is -0.398 e. The summed E-state index contributed by atoms with van der Waals surface area (Å²) in [6.45, 7) is 0. The normalized spacial score (nSPS) is 10.2. The first kappa shape index (κ1) is 14.4. The summed E-state index contributed by atoms with van der Waals surface area (Å²) < 4.78 is 0.782. The maximum absolute atomic E-state index is 12.1. The quantitative estimate of drug-likeness (QED) is 0.847. The zero-order chi connectivity index (χ0) is 14.7. The molecule has 2 aromatic rings. The van der Waals surface area contributed by atoms with Crippen LogP contribution in [0.15, 0.2) is 46.9 Å². The number of carbonyl (C=O) groups excluding carboxylic acids is 1. The number of nitrogen functional groups attached to an aromatic ring is 1. The average Bonchev–Trinajstić information content (AvgIpc) is 2.42. The first-order chi connectivity index (χ1) is 9.47. The van der Waals surface area contributed by atoms with Gasteiger partial charge in [-0.2, -0.15) is 0 Å². The molecule has 0 atom stereocenters. The number of nitrogens with two attached hydrogens (primary N) is 1. The standard InChI is InChI=1S/C15H16BrN3O/c1-19(2)12-6-4-11(5-7-12)18-15(20)10-3-8-13(16)14(17)9-10/h3-9H,17H2,1-2H3,(H,18,20). The number of rotatable bonds is 3. The lowest BCUT2D eigenvalue weighted by Gasteiger charge is -2.13. The predicted octanol–water partition coefficient (Wildman–Crippen LogP) is 3.35. The maximum Gasteiger partial charge on any atom is 0.255 e. The Labute approximate surface area is 126 Å². The lowest BCUT2D eigenvalue weighted by atomic mass is 10.2. The van der Waals surface area contributed by atoms with Crippen LogP contribution in [0.3, 0.4) is 0 Å². The molecular formula is C15H16BrN3O. The molecular weight excluding hydrogens is 318 g/mol. The van der Waals surface area contributed by atoms with Crippen LogP contribution in [0.25, 0.3) is 0 Å².